The largest absolute Gasteiger partial charge is 0.461 e. The average Bonchev–Trinajstić information content (AvgIpc) is 2.58. The smallest absolute Gasteiger partial charge is 0.339 e. The third kappa shape index (κ3) is 5.68. The Balaban J connectivity index is 1.69. The zero-order chi connectivity index (χ0) is 17.4. The molecule has 0 aliphatic rings. The number of nitrogens with one attached hydrogen (secondary N) is 1. The summed E-state index contributed by atoms with van der Waals surface area (Å²) in [6.07, 6.45) is 2.96. The fourth-order valence-electron chi connectivity index (χ4n) is 1.66. The summed E-state index contributed by atoms with van der Waals surface area (Å²) in [5.41, 5.74) is 0.353. The maximum atomic E-state index is 11.9. The Morgan fingerprint density at radius 2 is 2.08 bits per heavy atom. The minimum atomic E-state index is -3.84. The van der Waals surface area contributed by atoms with Crippen LogP contribution in [0.1, 0.15) is 10.4 Å². The lowest BCUT2D eigenvalue weighted by atomic mass is 10.3. The van der Waals surface area contributed by atoms with Crippen molar-refractivity contribution in [2.75, 3.05) is 19.9 Å². The number of ether oxygens (including phenoxy) is 1. The monoisotopic (exact) mass is 414 g/mol. The van der Waals surface area contributed by atoms with Crippen molar-refractivity contribution in [3.05, 3.63) is 58.8 Å². The van der Waals surface area contributed by atoms with Crippen molar-refractivity contribution in [3.63, 3.8) is 0 Å². The first-order valence-electron chi connectivity index (χ1n) is 6.92. The summed E-state index contributed by atoms with van der Waals surface area (Å²) in [6.45, 7) is 0.104. The summed E-state index contributed by atoms with van der Waals surface area (Å²) < 4.78 is 34.4. The molecule has 0 radical (unpaired) electrons. The summed E-state index contributed by atoms with van der Waals surface area (Å²) in [7, 11) is -3.84. The van der Waals surface area contributed by atoms with Gasteiger partial charge in [0, 0.05) is 23.4 Å². The topological polar surface area (TPSA) is 94.6 Å². The van der Waals surface area contributed by atoms with Gasteiger partial charge in [0.1, 0.15) is 13.3 Å². The van der Waals surface area contributed by atoms with Gasteiger partial charge in [0.2, 0.25) is 0 Å². The van der Waals surface area contributed by atoms with Crippen LogP contribution in [0.5, 0.6) is 0 Å². The first kappa shape index (κ1) is 18.5. The van der Waals surface area contributed by atoms with Gasteiger partial charge < -0.3 is 4.74 Å². The highest BCUT2D eigenvalue weighted by Crippen LogP contribution is 2.17. The molecule has 7 nitrogen and oxygen atoms in total. The van der Waals surface area contributed by atoms with Crippen LogP contribution in [0.2, 0.25) is 0 Å². The Labute approximate surface area is 148 Å². The quantitative estimate of drug-likeness (QED) is 0.305. The molecule has 2 rings (SSSR count). The highest BCUT2D eigenvalue weighted by Gasteiger charge is 2.15. The van der Waals surface area contributed by atoms with Crippen molar-refractivity contribution in [3.8, 4) is 0 Å². The lowest BCUT2D eigenvalue weighted by molar-refractivity contribution is 0.0502. The van der Waals surface area contributed by atoms with Crippen molar-refractivity contribution >= 4 is 32.0 Å². The molecule has 0 amide bonds. The summed E-state index contributed by atoms with van der Waals surface area (Å²) in [5, 5.41) is 2.73. The molecule has 0 aliphatic carbocycles. The standard InChI is InChI=1S/C15H15BrN2O5S/c16-13-4-1-5-14(9-13)24(20,21)23-11-18-7-8-22-15(19)12-3-2-6-17-10-12/h1-6,9-10,18H,7-8,11H2. The Hall–Kier alpha value is -1.81. The molecule has 24 heavy (non-hydrogen) atoms. The predicted molar refractivity (Wildman–Crippen MR) is 89.8 cm³/mol. The molecule has 9 heteroatoms. The van der Waals surface area contributed by atoms with Gasteiger partial charge in [0.05, 0.1) is 10.5 Å². The molecule has 0 atom stereocenters. The highest BCUT2D eigenvalue weighted by atomic mass is 79.9. The average molecular weight is 415 g/mol. The fraction of sp³-hybridized carbons (Fsp3) is 0.200. The fourth-order valence-corrected chi connectivity index (χ4v) is 3.11. The number of halogens is 1. The van der Waals surface area contributed by atoms with E-state index in [0.717, 1.165) is 0 Å². The second-order valence-electron chi connectivity index (χ2n) is 4.55. The van der Waals surface area contributed by atoms with E-state index in [9.17, 15) is 13.2 Å². The SMILES string of the molecule is O=C(OCCNCOS(=O)(=O)c1cccc(Br)c1)c1cccnc1. The van der Waals surface area contributed by atoms with Gasteiger partial charge in [-0.05, 0) is 30.3 Å². The van der Waals surface area contributed by atoms with E-state index in [4.69, 9.17) is 8.92 Å². The lowest BCUT2D eigenvalue weighted by Crippen LogP contribution is -2.25. The normalized spacial score (nSPS) is 11.2. The van der Waals surface area contributed by atoms with E-state index < -0.39 is 16.1 Å². The molecule has 2 aromatic rings. The Kier molecular flexibility index (Phi) is 6.85. The van der Waals surface area contributed by atoms with Gasteiger partial charge in [-0.1, -0.05) is 22.0 Å². The van der Waals surface area contributed by atoms with Gasteiger partial charge in [0.25, 0.3) is 10.1 Å². The van der Waals surface area contributed by atoms with E-state index >= 15 is 0 Å². The number of aromatic nitrogens is 1. The van der Waals surface area contributed by atoms with Crippen LogP contribution in [-0.2, 0) is 19.0 Å². The van der Waals surface area contributed by atoms with Gasteiger partial charge in [0.15, 0.2) is 0 Å². The molecule has 0 saturated carbocycles. The summed E-state index contributed by atoms with van der Waals surface area (Å²) in [6, 6.07) is 9.44. The number of nitrogens with zero attached hydrogens (tertiary/aromatic N) is 1. The van der Waals surface area contributed by atoms with Crippen molar-refractivity contribution in [2.24, 2.45) is 0 Å². The lowest BCUT2D eigenvalue weighted by Gasteiger charge is -2.08. The maximum Gasteiger partial charge on any atom is 0.339 e. The molecule has 0 unspecified atom stereocenters. The van der Waals surface area contributed by atoms with Gasteiger partial charge in [-0.2, -0.15) is 8.42 Å². The van der Waals surface area contributed by atoms with Gasteiger partial charge in [-0.3, -0.25) is 14.5 Å². The molecular formula is C15H15BrN2O5S. The molecule has 0 saturated heterocycles. The number of rotatable bonds is 8. The molecule has 1 N–H and O–H groups in total. The van der Waals surface area contributed by atoms with E-state index in [0.29, 0.717) is 10.0 Å². The summed E-state index contributed by atoms with van der Waals surface area (Å²) in [4.78, 5) is 15.5. The van der Waals surface area contributed by atoms with Crippen molar-refractivity contribution in [1.29, 1.82) is 0 Å². The van der Waals surface area contributed by atoms with Gasteiger partial charge in [-0.25, -0.2) is 4.79 Å². The number of carbonyl (C=O) groups excluding carboxylic acids is 1. The molecule has 0 bridgehead atoms. The molecule has 128 valence electrons. The second-order valence-corrected chi connectivity index (χ2v) is 7.08. The molecule has 0 fully saturated rings. The molecule has 1 heterocycles. The molecule has 0 aliphatic heterocycles. The first-order chi connectivity index (χ1) is 11.5. The number of pyridine rings is 1. The van der Waals surface area contributed by atoms with Crippen molar-refractivity contribution in [1.82, 2.24) is 10.3 Å². The highest BCUT2D eigenvalue weighted by molar-refractivity contribution is 9.10. The molecule has 0 spiro atoms. The van der Waals surface area contributed by atoms with Crippen molar-refractivity contribution in [2.45, 2.75) is 4.90 Å². The van der Waals surface area contributed by atoms with Crippen LogP contribution in [-0.4, -0.2) is 39.3 Å². The Morgan fingerprint density at radius 3 is 2.79 bits per heavy atom. The second kappa shape index (κ2) is 8.88. The zero-order valence-electron chi connectivity index (χ0n) is 12.5. The molecular weight excluding hydrogens is 400 g/mol. The van der Waals surface area contributed by atoms with Crippen LogP contribution in [0.3, 0.4) is 0 Å². The van der Waals surface area contributed by atoms with E-state index in [2.05, 4.69) is 26.2 Å². The number of hydrogen-bond acceptors (Lipinski definition) is 7. The van der Waals surface area contributed by atoms with Gasteiger partial charge >= 0.3 is 5.97 Å². The van der Waals surface area contributed by atoms with Crippen LogP contribution in [0.4, 0.5) is 0 Å². The van der Waals surface area contributed by atoms with Crippen molar-refractivity contribution < 1.29 is 22.1 Å². The van der Waals surface area contributed by atoms with Crippen LogP contribution in [0.25, 0.3) is 0 Å². The van der Waals surface area contributed by atoms with E-state index in [-0.39, 0.29) is 24.8 Å². The first-order valence-corrected chi connectivity index (χ1v) is 9.12. The van der Waals surface area contributed by atoms with Crippen LogP contribution in [0.15, 0.2) is 58.2 Å². The summed E-state index contributed by atoms with van der Waals surface area (Å²) >= 11 is 3.20. The minimum absolute atomic E-state index is 0.0571. The predicted octanol–water partition coefficient (Wildman–Crippen LogP) is 1.95. The third-order valence-corrected chi connectivity index (χ3v) is 4.56. The minimum Gasteiger partial charge on any atom is -0.461 e. The van der Waals surface area contributed by atoms with E-state index in [1.807, 2.05) is 0 Å². The molecule has 1 aromatic carbocycles. The number of esters is 1. The Bertz CT molecular complexity index is 783. The Morgan fingerprint density at radius 1 is 1.25 bits per heavy atom. The summed E-state index contributed by atoms with van der Waals surface area (Å²) in [5.74, 6) is -0.493. The van der Waals surface area contributed by atoms with Gasteiger partial charge in [-0.15, -0.1) is 0 Å². The number of benzene rings is 1. The third-order valence-electron chi connectivity index (χ3n) is 2.81. The number of carbonyl (C=O) groups is 1. The van der Waals surface area contributed by atoms with Crippen LogP contribution < -0.4 is 5.32 Å². The van der Waals surface area contributed by atoms with E-state index in [1.54, 1.807) is 30.5 Å². The van der Waals surface area contributed by atoms with Crippen LogP contribution >= 0.6 is 15.9 Å². The number of hydrogen-bond donors (Lipinski definition) is 1. The van der Waals surface area contributed by atoms with E-state index in [1.165, 1.54) is 18.3 Å². The molecule has 1 aromatic heterocycles. The maximum absolute atomic E-state index is 11.9. The van der Waals surface area contributed by atoms with Crippen LogP contribution in [0, 0.1) is 0 Å². The zero-order valence-corrected chi connectivity index (χ0v) is 14.9.